The van der Waals surface area contributed by atoms with Crippen LogP contribution >= 0.6 is 11.6 Å². The number of hydrogen-bond acceptors (Lipinski definition) is 5. The molecular formula is C22H28ClN3O4S. The van der Waals surface area contributed by atoms with Crippen LogP contribution in [0.1, 0.15) is 12.0 Å². The van der Waals surface area contributed by atoms with Gasteiger partial charge in [-0.3, -0.25) is 9.69 Å². The predicted molar refractivity (Wildman–Crippen MR) is 120 cm³/mol. The molecule has 1 amide bonds. The van der Waals surface area contributed by atoms with Gasteiger partial charge in [-0.1, -0.05) is 41.9 Å². The zero-order valence-corrected chi connectivity index (χ0v) is 18.9. The van der Waals surface area contributed by atoms with Crippen molar-refractivity contribution in [1.29, 1.82) is 0 Å². The number of nitrogens with one attached hydrogen (secondary N) is 1. The van der Waals surface area contributed by atoms with E-state index in [0.29, 0.717) is 11.6 Å². The van der Waals surface area contributed by atoms with E-state index in [0.717, 1.165) is 44.8 Å². The number of nitrogens with zero attached hydrogens (tertiary/aromatic N) is 2. The summed E-state index contributed by atoms with van der Waals surface area (Å²) < 4.78 is 32.9. The van der Waals surface area contributed by atoms with Gasteiger partial charge in [0.2, 0.25) is 15.9 Å². The highest BCUT2D eigenvalue weighted by Crippen LogP contribution is 2.19. The molecule has 1 aliphatic rings. The zero-order chi connectivity index (χ0) is 22.1. The van der Waals surface area contributed by atoms with E-state index in [-0.39, 0.29) is 23.9 Å². The Morgan fingerprint density at radius 3 is 2.42 bits per heavy atom. The van der Waals surface area contributed by atoms with Gasteiger partial charge in [0, 0.05) is 31.2 Å². The minimum absolute atomic E-state index is 0.0790. The summed E-state index contributed by atoms with van der Waals surface area (Å²) in [6.07, 6.45) is 0.800. The van der Waals surface area contributed by atoms with Crippen molar-refractivity contribution in [3.05, 3.63) is 65.2 Å². The number of carbonyl (C=O) groups excluding carboxylic acids is 1. The number of morpholine rings is 1. The first-order chi connectivity index (χ1) is 14.9. The van der Waals surface area contributed by atoms with Gasteiger partial charge in [0.05, 0.1) is 24.7 Å². The molecule has 2 aromatic carbocycles. The summed E-state index contributed by atoms with van der Waals surface area (Å²) in [6, 6.07) is 15.1. The average Bonchev–Trinajstić information content (AvgIpc) is 2.79. The second-order valence-corrected chi connectivity index (χ2v) is 9.74. The number of benzene rings is 2. The summed E-state index contributed by atoms with van der Waals surface area (Å²) in [4.78, 5) is 15.0. The van der Waals surface area contributed by atoms with Crippen molar-refractivity contribution in [1.82, 2.24) is 14.5 Å². The monoisotopic (exact) mass is 465 g/mol. The highest BCUT2D eigenvalue weighted by molar-refractivity contribution is 7.89. The standard InChI is InChI=1S/C22H28ClN3O4S/c23-20-9-7-19(8-10-20)17-26(31(28,29)21-5-2-1-3-6-21)18-22(27)24-11-4-12-25-13-15-30-16-14-25/h1-3,5-10H,4,11-18H2,(H,24,27). The Morgan fingerprint density at radius 2 is 1.74 bits per heavy atom. The molecule has 1 heterocycles. The molecule has 1 saturated heterocycles. The van der Waals surface area contributed by atoms with Crippen molar-refractivity contribution in [2.75, 3.05) is 45.9 Å². The fraction of sp³-hybridized carbons (Fsp3) is 0.409. The van der Waals surface area contributed by atoms with Crippen LogP contribution in [0, 0.1) is 0 Å². The quantitative estimate of drug-likeness (QED) is 0.545. The Labute approximate surface area is 189 Å². The second-order valence-electron chi connectivity index (χ2n) is 7.37. The van der Waals surface area contributed by atoms with Crippen molar-refractivity contribution in [3.63, 3.8) is 0 Å². The van der Waals surface area contributed by atoms with Gasteiger partial charge >= 0.3 is 0 Å². The van der Waals surface area contributed by atoms with E-state index in [1.807, 2.05) is 0 Å². The Hall–Kier alpha value is -1.97. The van der Waals surface area contributed by atoms with Gasteiger partial charge in [0.25, 0.3) is 0 Å². The molecule has 3 rings (SSSR count). The number of hydrogen-bond donors (Lipinski definition) is 1. The van der Waals surface area contributed by atoms with Crippen LogP contribution in [0.4, 0.5) is 0 Å². The lowest BCUT2D eigenvalue weighted by Crippen LogP contribution is -2.41. The summed E-state index contributed by atoms with van der Waals surface area (Å²) in [5.74, 6) is -0.324. The average molecular weight is 466 g/mol. The summed E-state index contributed by atoms with van der Waals surface area (Å²) in [5.41, 5.74) is 0.754. The van der Waals surface area contributed by atoms with Crippen LogP contribution in [-0.2, 0) is 26.1 Å². The second kappa shape index (κ2) is 11.6. The highest BCUT2D eigenvalue weighted by Gasteiger charge is 2.26. The van der Waals surface area contributed by atoms with Gasteiger partial charge < -0.3 is 10.1 Å². The topological polar surface area (TPSA) is 79.0 Å². The molecule has 168 valence electrons. The van der Waals surface area contributed by atoms with Crippen molar-refractivity contribution in [3.8, 4) is 0 Å². The van der Waals surface area contributed by atoms with E-state index >= 15 is 0 Å². The maximum atomic E-state index is 13.2. The first-order valence-electron chi connectivity index (χ1n) is 10.3. The Kier molecular flexibility index (Phi) is 8.86. The molecule has 1 N–H and O–H groups in total. The number of carbonyl (C=O) groups is 1. The van der Waals surface area contributed by atoms with Crippen LogP contribution in [0.2, 0.25) is 5.02 Å². The van der Waals surface area contributed by atoms with E-state index < -0.39 is 10.0 Å². The third kappa shape index (κ3) is 7.29. The molecule has 31 heavy (non-hydrogen) atoms. The summed E-state index contributed by atoms with van der Waals surface area (Å²) in [7, 11) is -3.83. The molecule has 2 aromatic rings. The first-order valence-corrected chi connectivity index (χ1v) is 12.1. The van der Waals surface area contributed by atoms with Crippen LogP contribution in [0.5, 0.6) is 0 Å². The van der Waals surface area contributed by atoms with E-state index in [9.17, 15) is 13.2 Å². The number of rotatable bonds is 10. The maximum absolute atomic E-state index is 13.2. The van der Waals surface area contributed by atoms with Crippen molar-refractivity contribution < 1.29 is 17.9 Å². The SMILES string of the molecule is O=C(CN(Cc1ccc(Cl)cc1)S(=O)(=O)c1ccccc1)NCCCN1CCOCC1. The lowest BCUT2D eigenvalue weighted by atomic mass is 10.2. The van der Waals surface area contributed by atoms with E-state index in [4.69, 9.17) is 16.3 Å². The molecule has 0 bridgehead atoms. The Balaban J connectivity index is 1.61. The normalized spacial score (nSPS) is 15.2. The summed E-state index contributed by atoms with van der Waals surface area (Å²) in [5, 5.41) is 3.42. The van der Waals surface area contributed by atoms with Gasteiger partial charge in [-0.25, -0.2) is 8.42 Å². The first kappa shape index (κ1) is 23.7. The number of halogens is 1. The van der Waals surface area contributed by atoms with Gasteiger partial charge in [0.1, 0.15) is 0 Å². The van der Waals surface area contributed by atoms with E-state index in [2.05, 4.69) is 10.2 Å². The fourth-order valence-electron chi connectivity index (χ4n) is 3.33. The summed E-state index contributed by atoms with van der Waals surface area (Å²) in [6.45, 7) is 4.48. The van der Waals surface area contributed by atoms with E-state index in [1.165, 1.54) is 16.4 Å². The van der Waals surface area contributed by atoms with Crippen LogP contribution < -0.4 is 5.32 Å². The van der Waals surface area contributed by atoms with Crippen molar-refractivity contribution in [2.45, 2.75) is 17.9 Å². The van der Waals surface area contributed by atoms with Crippen LogP contribution in [0.25, 0.3) is 0 Å². The third-order valence-electron chi connectivity index (χ3n) is 5.05. The fourth-order valence-corrected chi connectivity index (χ4v) is 4.86. The van der Waals surface area contributed by atoms with Crippen LogP contribution in [0.3, 0.4) is 0 Å². The molecule has 1 aliphatic heterocycles. The predicted octanol–water partition coefficient (Wildman–Crippen LogP) is 2.37. The molecule has 0 aliphatic carbocycles. The van der Waals surface area contributed by atoms with E-state index in [1.54, 1.807) is 42.5 Å². The van der Waals surface area contributed by atoms with Gasteiger partial charge in [0.15, 0.2) is 0 Å². The van der Waals surface area contributed by atoms with Gasteiger partial charge in [-0.15, -0.1) is 0 Å². The molecular weight excluding hydrogens is 438 g/mol. The number of amides is 1. The largest absolute Gasteiger partial charge is 0.379 e. The smallest absolute Gasteiger partial charge is 0.243 e. The minimum atomic E-state index is -3.83. The Morgan fingerprint density at radius 1 is 1.06 bits per heavy atom. The molecule has 0 atom stereocenters. The van der Waals surface area contributed by atoms with Crippen LogP contribution in [0.15, 0.2) is 59.5 Å². The number of ether oxygens (including phenoxy) is 1. The Bertz CT molecular complexity index is 933. The summed E-state index contributed by atoms with van der Waals surface area (Å²) >= 11 is 5.94. The molecule has 0 unspecified atom stereocenters. The lowest BCUT2D eigenvalue weighted by Gasteiger charge is -2.26. The van der Waals surface area contributed by atoms with Crippen LogP contribution in [-0.4, -0.2) is 69.5 Å². The van der Waals surface area contributed by atoms with Gasteiger partial charge in [-0.2, -0.15) is 4.31 Å². The molecule has 0 radical (unpaired) electrons. The molecule has 1 fully saturated rings. The van der Waals surface area contributed by atoms with Crippen molar-refractivity contribution in [2.24, 2.45) is 0 Å². The molecule has 0 saturated carbocycles. The molecule has 7 nitrogen and oxygen atoms in total. The zero-order valence-electron chi connectivity index (χ0n) is 17.4. The molecule has 0 spiro atoms. The lowest BCUT2D eigenvalue weighted by molar-refractivity contribution is -0.121. The minimum Gasteiger partial charge on any atom is -0.379 e. The number of sulfonamides is 1. The molecule has 9 heteroatoms. The van der Waals surface area contributed by atoms with Crippen molar-refractivity contribution >= 4 is 27.5 Å². The van der Waals surface area contributed by atoms with Gasteiger partial charge in [-0.05, 0) is 42.8 Å². The maximum Gasteiger partial charge on any atom is 0.243 e. The highest BCUT2D eigenvalue weighted by atomic mass is 35.5. The molecule has 0 aromatic heterocycles. The third-order valence-corrected chi connectivity index (χ3v) is 7.11.